The maximum absolute atomic E-state index is 12.4. The molecule has 6 heteroatoms. The van der Waals surface area contributed by atoms with Crippen molar-refractivity contribution < 1.29 is 9.59 Å². The Morgan fingerprint density at radius 1 is 1.21 bits per heavy atom. The van der Waals surface area contributed by atoms with Crippen molar-refractivity contribution >= 4 is 34.8 Å². The number of halogens is 1. The Kier molecular flexibility index (Phi) is 5.64. The van der Waals surface area contributed by atoms with E-state index in [0.29, 0.717) is 30.3 Å². The first-order chi connectivity index (χ1) is 13.6. The zero-order valence-electron chi connectivity index (χ0n) is 15.7. The van der Waals surface area contributed by atoms with Crippen molar-refractivity contribution in [1.29, 1.82) is 0 Å². The summed E-state index contributed by atoms with van der Waals surface area (Å²) in [5, 5.41) is 6.92. The van der Waals surface area contributed by atoms with Crippen molar-refractivity contribution in [2.24, 2.45) is 5.92 Å². The summed E-state index contributed by atoms with van der Waals surface area (Å²) >= 11 is 6.09. The molecule has 0 aromatic heterocycles. The third-order valence-corrected chi connectivity index (χ3v) is 5.74. The topological polar surface area (TPSA) is 61.4 Å². The third kappa shape index (κ3) is 4.37. The molecule has 2 heterocycles. The van der Waals surface area contributed by atoms with Gasteiger partial charge in [-0.05, 0) is 67.2 Å². The zero-order valence-corrected chi connectivity index (χ0v) is 16.5. The van der Waals surface area contributed by atoms with Gasteiger partial charge in [-0.25, -0.2) is 0 Å². The molecule has 1 fully saturated rings. The molecule has 1 unspecified atom stereocenters. The van der Waals surface area contributed by atoms with Crippen molar-refractivity contribution in [3.8, 4) is 0 Å². The van der Waals surface area contributed by atoms with Crippen molar-refractivity contribution in [2.75, 3.05) is 23.3 Å². The number of benzene rings is 2. The monoisotopic (exact) mass is 397 g/mol. The maximum Gasteiger partial charge on any atom is 0.231 e. The summed E-state index contributed by atoms with van der Waals surface area (Å²) in [4.78, 5) is 26.3. The van der Waals surface area contributed by atoms with Crippen molar-refractivity contribution in [1.82, 2.24) is 5.32 Å². The highest BCUT2D eigenvalue weighted by Crippen LogP contribution is 2.32. The summed E-state index contributed by atoms with van der Waals surface area (Å²) in [6, 6.07) is 13.3. The van der Waals surface area contributed by atoms with Crippen LogP contribution in [0.15, 0.2) is 42.5 Å². The Morgan fingerprint density at radius 3 is 2.79 bits per heavy atom. The average Bonchev–Trinajstić information content (AvgIpc) is 3.30. The van der Waals surface area contributed by atoms with E-state index in [2.05, 4.69) is 10.6 Å². The van der Waals surface area contributed by atoms with Gasteiger partial charge in [0.2, 0.25) is 11.8 Å². The summed E-state index contributed by atoms with van der Waals surface area (Å²) < 4.78 is 0. The molecule has 0 spiro atoms. The highest BCUT2D eigenvalue weighted by molar-refractivity contribution is 6.31. The maximum atomic E-state index is 12.4. The number of carbonyl (C=O) groups excluding carboxylic acids is 2. The van der Waals surface area contributed by atoms with Crippen LogP contribution in [0.2, 0.25) is 5.02 Å². The standard InChI is InChI=1S/C22H24ClN3O2/c23-18-5-4-17-11-22(28)26(20(17)12-18)14-16-1-6-19(7-2-16)25-21(27)8-3-15-9-10-24-13-15/h1-2,4-7,12,15,24H,3,8-11,13-14H2,(H,25,27). The Bertz CT molecular complexity index is 876. The van der Waals surface area contributed by atoms with Gasteiger partial charge in [0, 0.05) is 22.8 Å². The molecule has 4 rings (SSSR count). The fourth-order valence-electron chi connectivity index (χ4n) is 3.90. The molecule has 0 saturated carbocycles. The Morgan fingerprint density at radius 2 is 2.04 bits per heavy atom. The lowest BCUT2D eigenvalue weighted by molar-refractivity contribution is -0.117. The van der Waals surface area contributed by atoms with Crippen LogP contribution in [0.5, 0.6) is 0 Å². The summed E-state index contributed by atoms with van der Waals surface area (Å²) in [5.41, 5.74) is 3.69. The molecule has 146 valence electrons. The molecule has 2 aromatic rings. The van der Waals surface area contributed by atoms with Gasteiger partial charge >= 0.3 is 0 Å². The molecule has 28 heavy (non-hydrogen) atoms. The van der Waals surface area contributed by atoms with E-state index >= 15 is 0 Å². The smallest absolute Gasteiger partial charge is 0.231 e. The predicted octanol–water partition coefficient (Wildman–Crippen LogP) is 3.76. The Hall–Kier alpha value is -2.37. The van der Waals surface area contributed by atoms with Crippen LogP contribution >= 0.6 is 11.6 Å². The largest absolute Gasteiger partial charge is 0.326 e. The fraction of sp³-hybridized carbons (Fsp3) is 0.364. The number of hydrogen-bond acceptors (Lipinski definition) is 3. The van der Waals surface area contributed by atoms with E-state index in [-0.39, 0.29) is 11.8 Å². The van der Waals surface area contributed by atoms with Gasteiger partial charge in [0.1, 0.15) is 0 Å². The van der Waals surface area contributed by atoms with Crippen LogP contribution in [0.3, 0.4) is 0 Å². The molecular weight excluding hydrogens is 374 g/mol. The summed E-state index contributed by atoms with van der Waals surface area (Å²) in [5.74, 6) is 0.747. The number of anilines is 2. The van der Waals surface area contributed by atoms with Crippen LogP contribution in [0.1, 0.15) is 30.4 Å². The first-order valence-electron chi connectivity index (χ1n) is 9.77. The summed E-state index contributed by atoms with van der Waals surface area (Å²) in [7, 11) is 0. The van der Waals surface area contributed by atoms with Crippen LogP contribution < -0.4 is 15.5 Å². The lowest BCUT2D eigenvalue weighted by Gasteiger charge is -2.18. The molecule has 5 nitrogen and oxygen atoms in total. The Balaban J connectivity index is 1.34. The van der Waals surface area contributed by atoms with Gasteiger partial charge in [-0.2, -0.15) is 0 Å². The second-order valence-corrected chi connectivity index (χ2v) is 8.01. The van der Waals surface area contributed by atoms with E-state index in [0.717, 1.165) is 48.4 Å². The van der Waals surface area contributed by atoms with Gasteiger partial charge in [-0.15, -0.1) is 0 Å². The molecule has 2 aliphatic rings. The van der Waals surface area contributed by atoms with Crippen molar-refractivity contribution in [2.45, 2.75) is 32.2 Å². The van der Waals surface area contributed by atoms with Crippen LogP contribution in [0, 0.1) is 5.92 Å². The van der Waals surface area contributed by atoms with E-state index in [1.807, 2.05) is 42.5 Å². The molecule has 2 aliphatic heterocycles. The van der Waals surface area contributed by atoms with Crippen molar-refractivity contribution in [3.05, 3.63) is 58.6 Å². The minimum Gasteiger partial charge on any atom is -0.326 e. The molecule has 2 N–H and O–H groups in total. The highest BCUT2D eigenvalue weighted by atomic mass is 35.5. The Labute approximate surface area is 170 Å². The lowest BCUT2D eigenvalue weighted by atomic mass is 10.0. The van der Waals surface area contributed by atoms with Gasteiger partial charge in [0.25, 0.3) is 0 Å². The molecule has 2 aromatic carbocycles. The summed E-state index contributed by atoms with van der Waals surface area (Å²) in [6.45, 7) is 2.57. The fourth-order valence-corrected chi connectivity index (χ4v) is 4.07. The van der Waals surface area contributed by atoms with Crippen LogP contribution in [0.4, 0.5) is 11.4 Å². The van der Waals surface area contributed by atoms with Gasteiger partial charge < -0.3 is 15.5 Å². The van der Waals surface area contributed by atoms with E-state index in [1.165, 1.54) is 0 Å². The van der Waals surface area contributed by atoms with Crippen molar-refractivity contribution in [3.63, 3.8) is 0 Å². The van der Waals surface area contributed by atoms with Crippen LogP contribution in [-0.4, -0.2) is 24.9 Å². The second kappa shape index (κ2) is 8.33. The quantitative estimate of drug-likeness (QED) is 0.780. The van der Waals surface area contributed by atoms with E-state index in [4.69, 9.17) is 11.6 Å². The summed E-state index contributed by atoms with van der Waals surface area (Å²) in [6.07, 6.45) is 3.05. The first kappa shape index (κ1) is 19.0. The third-order valence-electron chi connectivity index (χ3n) is 5.50. The number of hydrogen-bond donors (Lipinski definition) is 2. The normalized spacial score (nSPS) is 18.4. The number of nitrogens with one attached hydrogen (secondary N) is 2. The van der Waals surface area contributed by atoms with Gasteiger partial charge in [0.15, 0.2) is 0 Å². The molecule has 0 aliphatic carbocycles. The number of amides is 2. The molecular formula is C22H24ClN3O2. The number of fused-ring (bicyclic) bond motifs is 1. The minimum absolute atomic E-state index is 0.0536. The second-order valence-electron chi connectivity index (χ2n) is 7.57. The van der Waals surface area contributed by atoms with Crippen LogP contribution in [0.25, 0.3) is 0 Å². The molecule has 2 amide bonds. The first-order valence-corrected chi connectivity index (χ1v) is 10.1. The molecule has 1 atom stereocenters. The number of carbonyl (C=O) groups is 2. The predicted molar refractivity (Wildman–Crippen MR) is 112 cm³/mol. The van der Waals surface area contributed by atoms with Gasteiger partial charge in [-0.3, -0.25) is 9.59 Å². The molecule has 0 radical (unpaired) electrons. The molecule has 1 saturated heterocycles. The highest BCUT2D eigenvalue weighted by Gasteiger charge is 2.27. The average molecular weight is 398 g/mol. The molecule has 0 bridgehead atoms. The zero-order chi connectivity index (χ0) is 19.5. The minimum atomic E-state index is 0.0536. The van der Waals surface area contributed by atoms with Gasteiger partial charge in [-0.1, -0.05) is 29.8 Å². The number of nitrogens with zero attached hydrogens (tertiary/aromatic N) is 1. The van der Waals surface area contributed by atoms with E-state index in [1.54, 1.807) is 4.90 Å². The van der Waals surface area contributed by atoms with Gasteiger partial charge in [0.05, 0.1) is 13.0 Å². The SMILES string of the molecule is O=C(CCC1CCNC1)Nc1ccc(CN2C(=O)Cc3ccc(Cl)cc32)cc1. The van der Waals surface area contributed by atoms with E-state index in [9.17, 15) is 9.59 Å². The lowest BCUT2D eigenvalue weighted by Crippen LogP contribution is -2.26. The number of rotatable bonds is 6. The van der Waals surface area contributed by atoms with E-state index < -0.39 is 0 Å². The van der Waals surface area contributed by atoms with Crippen LogP contribution in [-0.2, 0) is 22.6 Å².